The molecule has 13 heavy (non-hydrogen) atoms. The van der Waals surface area contributed by atoms with Gasteiger partial charge in [-0.15, -0.1) is 0 Å². The number of hydrogen-bond donors (Lipinski definition) is 2. The number of rotatable bonds is 5. The Morgan fingerprint density at radius 2 is 2.15 bits per heavy atom. The van der Waals surface area contributed by atoms with E-state index in [0.29, 0.717) is 12.5 Å². The van der Waals surface area contributed by atoms with Gasteiger partial charge in [-0.2, -0.15) is 0 Å². The van der Waals surface area contributed by atoms with Crippen LogP contribution in [0.2, 0.25) is 0 Å². The van der Waals surface area contributed by atoms with Gasteiger partial charge in [0.25, 0.3) is 0 Å². The highest BCUT2D eigenvalue weighted by Gasteiger charge is 2.48. The van der Waals surface area contributed by atoms with Crippen LogP contribution in [0.4, 0.5) is 0 Å². The molecule has 3 N–H and O–H groups in total. The number of nitrogens with two attached hydrogens (primary N) is 1. The molecule has 1 unspecified atom stereocenters. The molecule has 1 amide bonds. The van der Waals surface area contributed by atoms with E-state index in [-0.39, 0.29) is 5.91 Å². The average molecular weight is 185 g/mol. The molecule has 0 aromatic heterocycles. The molecule has 0 heterocycles. The molecular formula is C9H19N3O. The standard InChI is InChI=1S/C9H19N3O/c1-11-9(8(10)13,6-12(2)3)7-4-5-7/h7,11H,4-6H2,1-3H3,(H2,10,13). The molecule has 0 saturated heterocycles. The van der Waals surface area contributed by atoms with Gasteiger partial charge in [0.05, 0.1) is 0 Å². The van der Waals surface area contributed by atoms with E-state index in [1.54, 1.807) is 0 Å². The van der Waals surface area contributed by atoms with Crippen LogP contribution in [0.15, 0.2) is 0 Å². The van der Waals surface area contributed by atoms with Gasteiger partial charge in [0.15, 0.2) is 0 Å². The monoisotopic (exact) mass is 185 g/mol. The lowest BCUT2D eigenvalue weighted by atomic mass is 9.92. The summed E-state index contributed by atoms with van der Waals surface area (Å²) in [6, 6.07) is 0. The van der Waals surface area contributed by atoms with Crippen LogP contribution in [0, 0.1) is 5.92 Å². The van der Waals surface area contributed by atoms with E-state index < -0.39 is 5.54 Å². The van der Waals surface area contributed by atoms with Crippen LogP contribution in [0.5, 0.6) is 0 Å². The third kappa shape index (κ3) is 2.00. The molecule has 0 aliphatic heterocycles. The van der Waals surface area contributed by atoms with Crippen LogP contribution in [0.3, 0.4) is 0 Å². The highest BCUT2D eigenvalue weighted by molar-refractivity contribution is 5.85. The molecule has 1 atom stereocenters. The smallest absolute Gasteiger partial charge is 0.239 e. The highest BCUT2D eigenvalue weighted by Crippen LogP contribution is 2.39. The number of likely N-dealkylation sites (N-methyl/N-ethyl adjacent to an activating group) is 2. The van der Waals surface area contributed by atoms with E-state index >= 15 is 0 Å². The molecule has 1 fully saturated rings. The molecule has 0 spiro atoms. The number of amides is 1. The fourth-order valence-electron chi connectivity index (χ4n) is 1.89. The first-order valence-corrected chi connectivity index (χ1v) is 4.66. The Kier molecular flexibility index (Phi) is 2.93. The van der Waals surface area contributed by atoms with Crippen molar-refractivity contribution >= 4 is 5.91 Å². The normalized spacial score (nSPS) is 21.5. The van der Waals surface area contributed by atoms with Crippen LogP contribution >= 0.6 is 0 Å². The van der Waals surface area contributed by atoms with Gasteiger partial charge < -0.3 is 16.0 Å². The Balaban J connectivity index is 2.75. The third-order valence-electron chi connectivity index (χ3n) is 2.73. The van der Waals surface area contributed by atoms with Crippen molar-refractivity contribution in [2.45, 2.75) is 18.4 Å². The SMILES string of the molecule is CNC(CN(C)C)(C(N)=O)C1CC1. The fourth-order valence-corrected chi connectivity index (χ4v) is 1.89. The maximum Gasteiger partial charge on any atom is 0.239 e. The van der Waals surface area contributed by atoms with Gasteiger partial charge in [-0.3, -0.25) is 4.79 Å². The van der Waals surface area contributed by atoms with E-state index in [0.717, 1.165) is 12.8 Å². The Morgan fingerprint density at radius 3 is 2.38 bits per heavy atom. The van der Waals surface area contributed by atoms with Crippen LogP contribution in [0.25, 0.3) is 0 Å². The Bertz CT molecular complexity index is 201. The average Bonchev–Trinajstić information content (AvgIpc) is 2.81. The molecule has 1 aliphatic carbocycles. The zero-order valence-corrected chi connectivity index (χ0v) is 8.63. The minimum atomic E-state index is -0.510. The summed E-state index contributed by atoms with van der Waals surface area (Å²) in [6.07, 6.45) is 2.22. The van der Waals surface area contributed by atoms with Gasteiger partial charge in [0, 0.05) is 6.54 Å². The Morgan fingerprint density at radius 1 is 1.62 bits per heavy atom. The number of carbonyl (C=O) groups excluding carboxylic acids is 1. The molecule has 0 aromatic rings. The van der Waals surface area contributed by atoms with Crippen molar-refractivity contribution in [3.63, 3.8) is 0 Å². The lowest BCUT2D eigenvalue weighted by Gasteiger charge is -2.33. The fraction of sp³-hybridized carbons (Fsp3) is 0.889. The van der Waals surface area contributed by atoms with E-state index in [9.17, 15) is 4.79 Å². The summed E-state index contributed by atoms with van der Waals surface area (Å²) in [5.41, 5.74) is 4.93. The van der Waals surface area contributed by atoms with E-state index in [4.69, 9.17) is 5.73 Å². The molecule has 0 radical (unpaired) electrons. The molecule has 0 aromatic carbocycles. The summed E-state index contributed by atoms with van der Waals surface area (Å²) < 4.78 is 0. The predicted octanol–water partition coefficient (Wildman–Crippen LogP) is -0.598. The van der Waals surface area contributed by atoms with Crippen molar-refractivity contribution in [3.8, 4) is 0 Å². The van der Waals surface area contributed by atoms with Crippen molar-refractivity contribution in [2.24, 2.45) is 11.7 Å². The van der Waals surface area contributed by atoms with E-state index in [1.807, 2.05) is 26.0 Å². The molecule has 1 aliphatic rings. The summed E-state index contributed by atoms with van der Waals surface area (Å²) in [5, 5.41) is 3.09. The van der Waals surface area contributed by atoms with Crippen LogP contribution in [0.1, 0.15) is 12.8 Å². The minimum Gasteiger partial charge on any atom is -0.368 e. The third-order valence-corrected chi connectivity index (χ3v) is 2.73. The topological polar surface area (TPSA) is 58.4 Å². The summed E-state index contributed by atoms with van der Waals surface area (Å²) in [4.78, 5) is 13.4. The predicted molar refractivity (Wildman–Crippen MR) is 52.3 cm³/mol. The number of primary amides is 1. The van der Waals surface area contributed by atoms with Crippen molar-refractivity contribution < 1.29 is 4.79 Å². The molecular weight excluding hydrogens is 166 g/mol. The molecule has 1 rings (SSSR count). The van der Waals surface area contributed by atoms with Gasteiger partial charge in [0.2, 0.25) is 5.91 Å². The molecule has 1 saturated carbocycles. The number of carbonyl (C=O) groups is 1. The summed E-state index contributed by atoms with van der Waals surface area (Å²) in [6.45, 7) is 0.684. The second-order valence-electron chi connectivity index (χ2n) is 4.10. The van der Waals surface area contributed by atoms with Crippen LogP contribution in [-0.2, 0) is 4.79 Å². The molecule has 4 nitrogen and oxygen atoms in total. The maximum absolute atomic E-state index is 11.4. The van der Waals surface area contributed by atoms with E-state index in [1.165, 1.54) is 0 Å². The second kappa shape index (κ2) is 3.64. The molecule has 4 heteroatoms. The van der Waals surface area contributed by atoms with Crippen molar-refractivity contribution in [1.29, 1.82) is 0 Å². The summed E-state index contributed by atoms with van der Waals surface area (Å²) in [7, 11) is 5.72. The van der Waals surface area contributed by atoms with Crippen molar-refractivity contribution in [3.05, 3.63) is 0 Å². The number of hydrogen-bond acceptors (Lipinski definition) is 3. The van der Waals surface area contributed by atoms with Crippen LogP contribution in [-0.4, -0.2) is 44.0 Å². The Labute approximate surface area is 79.5 Å². The summed E-state index contributed by atoms with van der Waals surface area (Å²) in [5.74, 6) is 0.198. The highest BCUT2D eigenvalue weighted by atomic mass is 16.1. The quantitative estimate of drug-likeness (QED) is 0.601. The molecule has 76 valence electrons. The first-order chi connectivity index (χ1) is 6.03. The Hall–Kier alpha value is -0.610. The zero-order valence-electron chi connectivity index (χ0n) is 8.63. The van der Waals surface area contributed by atoms with Gasteiger partial charge in [-0.1, -0.05) is 0 Å². The lowest BCUT2D eigenvalue weighted by Crippen LogP contribution is -2.61. The lowest BCUT2D eigenvalue weighted by molar-refractivity contribution is -0.125. The second-order valence-corrected chi connectivity index (χ2v) is 4.10. The van der Waals surface area contributed by atoms with Crippen molar-refractivity contribution in [2.75, 3.05) is 27.7 Å². The zero-order chi connectivity index (χ0) is 10.1. The number of nitrogens with zero attached hydrogens (tertiary/aromatic N) is 1. The minimum absolute atomic E-state index is 0.230. The van der Waals surface area contributed by atoms with Gasteiger partial charge >= 0.3 is 0 Å². The largest absolute Gasteiger partial charge is 0.368 e. The van der Waals surface area contributed by atoms with Crippen LogP contribution < -0.4 is 11.1 Å². The first-order valence-electron chi connectivity index (χ1n) is 4.66. The number of nitrogens with one attached hydrogen (secondary N) is 1. The van der Waals surface area contributed by atoms with Gasteiger partial charge in [0.1, 0.15) is 5.54 Å². The van der Waals surface area contributed by atoms with Gasteiger partial charge in [-0.25, -0.2) is 0 Å². The maximum atomic E-state index is 11.4. The molecule has 0 bridgehead atoms. The van der Waals surface area contributed by atoms with Crippen molar-refractivity contribution in [1.82, 2.24) is 10.2 Å². The van der Waals surface area contributed by atoms with E-state index in [2.05, 4.69) is 5.32 Å². The van der Waals surface area contributed by atoms with Gasteiger partial charge in [-0.05, 0) is 39.9 Å². The summed E-state index contributed by atoms with van der Waals surface area (Å²) >= 11 is 0. The first kappa shape index (κ1) is 10.5.